The molecule has 0 unspecified atom stereocenters. The first-order valence-corrected chi connectivity index (χ1v) is 10.7. The Bertz CT molecular complexity index is 1070. The van der Waals surface area contributed by atoms with Gasteiger partial charge < -0.3 is 45.3 Å². The summed E-state index contributed by atoms with van der Waals surface area (Å²) in [6, 6.07) is 3.93. The number of nitrogens with one attached hydrogen (secondary N) is 1. The fraction of sp³-hybridized carbons (Fsp3) is 0.500. The lowest BCUT2D eigenvalue weighted by Crippen LogP contribution is -2.56. The number of fused-ring (bicyclic) bond motifs is 1. The summed E-state index contributed by atoms with van der Waals surface area (Å²) in [7, 11) is 0. The van der Waals surface area contributed by atoms with Gasteiger partial charge in [-0.1, -0.05) is 11.6 Å². The van der Waals surface area contributed by atoms with Crippen molar-refractivity contribution in [2.24, 2.45) is 0 Å². The molecule has 0 saturated carbocycles. The molecule has 1 aliphatic rings. The van der Waals surface area contributed by atoms with Gasteiger partial charge in [-0.25, -0.2) is 4.79 Å². The molecule has 12 nitrogen and oxygen atoms in total. The van der Waals surface area contributed by atoms with Gasteiger partial charge in [0.1, 0.15) is 30.5 Å². The highest BCUT2D eigenvalue weighted by Gasteiger charge is 2.44. The van der Waals surface area contributed by atoms with Crippen molar-refractivity contribution in [3.8, 4) is 0 Å². The van der Waals surface area contributed by atoms with E-state index >= 15 is 0 Å². The molecule has 0 bridgehead atoms. The summed E-state index contributed by atoms with van der Waals surface area (Å²) >= 11 is 0. The highest BCUT2D eigenvalue weighted by Crippen LogP contribution is 2.33. The van der Waals surface area contributed by atoms with Crippen molar-refractivity contribution in [2.45, 2.75) is 62.9 Å². The van der Waals surface area contributed by atoms with E-state index in [-0.39, 0.29) is 12.8 Å². The molecule has 0 radical (unpaired) electrons. The normalized spacial score (nSPS) is 25.7. The molecule has 7 N–H and O–H groups in total. The van der Waals surface area contributed by atoms with E-state index in [4.69, 9.17) is 9.84 Å². The Morgan fingerprint density at radius 3 is 2.44 bits per heavy atom. The first-order chi connectivity index (χ1) is 16.0. The van der Waals surface area contributed by atoms with E-state index in [1.54, 1.807) is 18.2 Å². The zero-order valence-corrected chi connectivity index (χ0v) is 18.4. The lowest BCUT2D eigenvalue weighted by Gasteiger charge is -2.40. The van der Waals surface area contributed by atoms with Crippen molar-refractivity contribution in [1.82, 2.24) is 9.88 Å². The molecule has 1 aromatic carbocycles. The quantitative estimate of drug-likeness (QED) is 0.231. The molecule has 1 fully saturated rings. The maximum atomic E-state index is 12.6. The third kappa shape index (κ3) is 5.37. The van der Waals surface area contributed by atoms with Gasteiger partial charge in [-0.05, 0) is 31.0 Å². The van der Waals surface area contributed by atoms with Crippen LogP contribution in [0.1, 0.15) is 30.2 Å². The van der Waals surface area contributed by atoms with Crippen molar-refractivity contribution in [3.63, 3.8) is 0 Å². The lowest BCUT2D eigenvalue weighted by atomic mass is 9.98. The summed E-state index contributed by atoms with van der Waals surface area (Å²) in [5.41, 5.74) is 1.87. The second kappa shape index (κ2) is 10.5. The second-order valence-corrected chi connectivity index (χ2v) is 8.37. The van der Waals surface area contributed by atoms with Gasteiger partial charge in [-0.3, -0.25) is 9.59 Å². The molecule has 2 aromatic rings. The minimum atomic E-state index is -1.59. The van der Waals surface area contributed by atoms with E-state index in [1.165, 1.54) is 10.8 Å². The number of carboxylic acids is 2. The van der Waals surface area contributed by atoms with Crippen molar-refractivity contribution in [3.05, 3.63) is 35.5 Å². The van der Waals surface area contributed by atoms with Crippen molar-refractivity contribution in [1.29, 1.82) is 0 Å². The number of aliphatic hydroxyl groups excluding tert-OH is 4. The van der Waals surface area contributed by atoms with E-state index in [2.05, 4.69) is 5.32 Å². The summed E-state index contributed by atoms with van der Waals surface area (Å²) in [4.78, 5) is 34.8. The predicted octanol–water partition coefficient (Wildman–Crippen LogP) is -1.10. The number of hydrogen-bond acceptors (Lipinski definition) is 8. The SMILES string of the molecule is Cc1ccc2c(c1)c(CC(=O)N[C@H](CCC(=O)O)C(=O)O)cn2[C@@H]1O[C@H](CO)[C@@H](O)[C@H](O)[C@H]1O. The van der Waals surface area contributed by atoms with Crippen molar-refractivity contribution < 1.29 is 49.8 Å². The Hall–Kier alpha value is -3.03. The topological polar surface area (TPSA) is 199 Å². The van der Waals surface area contributed by atoms with E-state index in [9.17, 15) is 39.9 Å². The average Bonchev–Trinajstić information content (AvgIpc) is 3.12. The molecule has 1 saturated heterocycles. The number of aromatic nitrogens is 1. The number of carboxylic acid groups (broad SMARTS) is 2. The zero-order valence-electron chi connectivity index (χ0n) is 18.4. The lowest BCUT2D eigenvalue weighted by molar-refractivity contribution is -0.250. The summed E-state index contributed by atoms with van der Waals surface area (Å²) in [6.45, 7) is 1.24. The van der Waals surface area contributed by atoms with Crippen LogP contribution in [-0.2, 0) is 25.5 Å². The number of rotatable bonds is 9. The number of amides is 1. The van der Waals surface area contributed by atoms with Crippen LogP contribution in [0.3, 0.4) is 0 Å². The first kappa shape index (κ1) is 25.6. The molecule has 1 aliphatic heterocycles. The van der Waals surface area contributed by atoms with Crippen LogP contribution in [0, 0.1) is 6.92 Å². The molecule has 34 heavy (non-hydrogen) atoms. The molecule has 12 heteroatoms. The molecular formula is C22H28N2O10. The van der Waals surface area contributed by atoms with Gasteiger partial charge in [-0.2, -0.15) is 0 Å². The number of aliphatic hydroxyl groups is 4. The van der Waals surface area contributed by atoms with Crippen LogP contribution in [-0.4, -0.2) is 90.1 Å². The number of hydrogen-bond donors (Lipinski definition) is 7. The van der Waals surface area contributed by atoms with Crippen molar-refractivity contribution in [2.75, 3.05) is 6.61 Å². The molecule has 186 valence electrons. The van der Waals surface area contributed by atoms with Crippen molar-refractivity contribution >= 4 is 28.7 Å². The van der Waals surface area contributed by atoms with Gasteiger partial charge in [0.25, 0.3) is 0 Å². The van der Waals surface area contributed by atoms with Crippen LogP contribution in [0.2, 0.25) is 0 Å². The monoisotopic (exact) mass is 480 g/mol. The number of carbonyl (C=O) groups is 3. The summed E-state index contributed by atoms with van der Waals surface area (Å²) < 4.78 is 7.13. The van der Waals surface area contributed by atoms with Gasteiger partial charge >= 0.3 is 11.9 Å². The minimum absolute atomic E-state index is 0.249. The fourth-order valence-corrected chi connectivity index (χ4v) is 4.05. The van der Waals surface area contributed by atoms with Crippen LogP contribution in [0.15, 0.2) is 24.4 Å². The molecule has 6 atom stereocenters. The zero-order chi connectivity index (χ0) is 25.2. The van der Waals surface area contributed by atoms with E-state index in [1.807, 2.05) is 6.92 Å². The van der Waals surface area contributed by atoms with Gasteiger partial charge in [-0.15, -0.1) is 0 Å². The summed E-state index contributed by atoms with van der Waals surface area (Å²) in [5.74, 6) is -3.18. The van der Waals surface area contributed by atoms with Crippen LogP contribution >= 0.6 is 0 Å². The Morgan fingerprint density at radius 1 is 1.12 bits per heavy atom. The number of aliphatic carboxylic acids is 2. The Labute approximate surface area is 194 Å². The Kier molecular flexibility index (Phi) is 7.89. The van der Waals surface area contributed by atoms with Gasteiger partial charge in [0.2, 0.25) is 5.91 Å². The fourth-order valence-electron chi connectivity index (χ4n) is 4.05. The number of carbonyl (C=O) groups excluding carboxylic acids is 1. The minimum Gasteiger partial charge on any atom is -0.481 e. The molecule has 3 rings (SSSR count). The van der Waals surface area contributed by atoms with E-state index < -0.39 is 67.6 Å². The maximum absolute atomic E-state index is 12.6. The largest absolute Gasteiger partial charge is 0.481 e. The number of benzene rings is 1. The van der Waals surface area contributed by atoms with Gasteiger partial charge in [0, 0.05) is 18.0 Å². The predicted molar refractivity (Wildman–Crippen MR) is 116 cm³/mol. The Morgan fingerprint density at radius 2 is 1.82 bits per heavy atom. The summed E-state index contributed by atoms with van der Waals surface area (Å²) in [6.07, 6.45) is -6.38. The van der Waals surface area contributed by atoms with Gasteiger partial charge in [0.05, 0.1) is 18.5 Å². The first-order valence-electron chi connectivity index (χ1n) is 10.7. The third-order valence-corrected chi connectivity index (χ3v) is 5.84. The number of aryl methyl sites for hydroxylation is 1. The maximum Gasteiger partial charge on any atom is 0.326 e. The molecular weight excluding hydrogens is 452 g/mol. The molecule has 0 spiro atoms. The molecule has 1 aromatic heterocycles. The van der Waals surface area contributed by atoms with Gasteiger partial charge in [0.15, 0.2) is 6.23 Å². The van der Waals surface area contributed by atoms with Crippen LogP contribution in [0.4, 0.5) is 0 Å². The second-order valence-electron chi connectivity index (χ2n) is 8.37. The standard InChI is InChI=1S/C22H28N2O10/c1-10-2-4-14-12(6-10)11(7-16(26)23-13(22(32)33)3-5-17(27)28)8-24(14)21-20(31)19(30)18(29)15(9-25)34-21/h2,4,6,8,13,15,18-21,25,29-31H,3,5,7,9H2,1H3,(H,23,26)(H,27,28)(H,32,33)/t13-,15-,18-,19+,20-,21-/m1/s1. The number of ether oxygens (including phenoxy) is 1. The molecule has 2 heterocycles. The third-order valence-electron chi connectivity index (χ3n) is 5.84. The highest BCUT2D eigenvalue weighted by atomic mass is 16.6. The molecule has 0 aliphatic carbocycles. The average molecular weight is 480 g/mol. The summed E-state index contributed by atoms with van der Waals surface area (Å²) in [5, 5.41) is 61.3. The highest BCUT2D eigenvalue weighted by molar-refractivity contribution is 5.91. The van der Waals surface area contributed by atoms with Crippen LogP contribution in [0.5, 0.6) is 0 Å². The van der Waals surface area contributed by atoms with E-state index in [0.29, 0.717) is 16.5 Å². The smallest absolute Gasteiger partial charge is 0.326 e. The molecule has 1 amide bonds. The van der Waals surface area contributed by atoms with Crippen LogP contribution < -0.4 is 5.32 Å². The van der Waals surface area contributed by atoms with Crippen LogP contribution in [0.25, 0.3) is 10.9 Å². The van der Waals surface area contributed by atoms with E-state index in [0.717, 1.165) is 5.56 Å². The Balaban J connectivity index is 1.91. The number of nitrogens with zero attached hydrogens (tertiary/aromatic N) is 1.